The van der Waals surface area contributed by atoms with E-state index in [0.29, 0.717) is 12.1 Å². The van der Waals surface area contributed by atoms with E-state index in [-0.39, 0.29) is 54.4 Å². The van der Waals surface area contributed by atoms with Crippen molar-refractivity contribution in [1.29, 1.82) is 0 Å². The van der Waals surface area contributed by atoms with Gasteiger partial charge in [0.1, 0.15) is 35.1 Å². The van der Waals surface area contributed by atoms with Crippen LogP contribution in [0, 0.1) is 11.6 Å². The van der Waals surface area contributed by atoms with Crippen LogP contribution >= 0.6 is 0 Å². The first kappa shape index (κ1) is 32.5. The van der Waals surface area contributed by atoms with Crippen molar-refractivity contribution in [2.45, 2.75) is 38.5 Å². The topological polar surface area (TPSA) is 174 Å². The molecule has 0 bridgehead atoms. The largest absolute Gasteiger partial charge is 0.573 e. The highest BCUT2D eigenvalue weighted by Gasteiger charge is 2.31. The van der Waals surface area contributed by atoms with Crippen LogP contribution in [0.15, 0.2) is 54.6 Å². The Morgan fingerprint density at radius 3 is 2.56 bits per heavy atom. The predicted molar refractivity (Wildman–Crippen MR) is 137 cm³/mol. The number of rotatable bonds is 13. The van der Waals surface area contributed by atoms with Crippen LogP contribution in [-0.4, -0.2) is 56.0 Å². The molecule has 1 atom stereocenters. The third-order valence-corrected chi connectivity index (χ3v) is 5.51. The van der Waals surface area contributed by atoms with Gasteiger partial charge in [-0.15, -0.1) is 18.3 Å². The maximum atomic E-state index is 14.5. The molecule has 1 heterocycles. The van der Waals surface area contributed by atoms with Gasteiger partial charge in [-0.05, 0) is 36.4 Å². The number of hydrogen-bond donors (Lipinski definition) is 5. The smallest absolute Gasteiger partial charge is 0.508 e. The maximum absolute atomic E-state index is 14.5. The van der Waals surface area contributed by atoms with E-state index in [1.54, 1.807) is 0 Å². The van der Waals surface area contributed by atoms with E-state index >= 15 is 0 Å². The molecule has 3 rings (SSSR count). The molecule has 0 aliphatic carbocycles. The van der Waals surface area contributed by atoms with Gasteiger partial charge in [-0.25, -0.2) is 19.0 Å². The molecule has 12 nitrogen and oxygen atoms in total. The lowest BCUT2D eigenvalue weighted by atomic mass is 10.1. The van der Waals surface area contributed by atoms with Crippen molar-refractivity contribution in [1.82, 2.24) is 30.6 Å². The van der Waals surface area contributed by atoms with Crippen LogP contribution in [0.3, 0.4) is 0 Å². The molecule has 0 spiro atoms. The van der Waals surface area contributed by atoms with Crippen molar-refractivity contribution in [3.05, 3.63) is 83.1 Å². The Bertz CT molecular complexity index is 1470. The summed E-state index contributed by atoms with van der Waals surface area (Å²) >= 11 is 0. The molecule has 0 saturated carbocycles. The van der Waals surface area contributed by atoms with E-state index in [2.05, 4.69) is 25.7 Å². The molecule has 232 valence electrons. The number of nitrogens with one attached hydrogen (secondary N) is 2. The van der Waals surface area contributed by atoms with Crippen molar-refractivity contribution in [3.8, 4) is 11.5 Å². The van der Waals surface area contributed by atoms with E-state index < -0.39 is 48.2 Å². The lowest BCUT2D eigenvalue weighted by molar-refractivity contribution is -0.274. The molecule has 0 aliphatic heterocycles. The molecule has 1 aromatic heterocycles. The summed E-state index contributed by atoms with van der Waals surface area (Å²) in [6.07, 6.45) is -5.11. The monoisotopic (exact) mass is 616 g/mol. The summed E-state index contributed by atoms with van der Waals surface area (Å²) in [5, 5.41) is 22.3. The first-order valence-corrected chi connectivity index (χ1v) is 12.3. The number of aromatic hydroxyl groups is 1. The van der Waals surface area contributed by atoms with Crippen LogP contribution in [0.4, 0.5) is 26.3 Å². The number of aromatic nitrogens is 3. The lowest BCUT2D eigenvalue weighted by Gasteiger charge is -2.18. The summed E-state index contributed by atoms with van der Waals surface area (Å²) in [5.41, 5.74) is 5.21. The zero-order chi connectivity index (χ0) is 31.7. The molecule has 3 aromatic rings. The van der Waals surface area contributed by atoms with E-state index in [9.17, 15) is 41.0 Å². The minimum absolute atomic E-state index is 0.00488. The van der Waals surface area contributed by atoms with Crippen molar-refractivity contribution in [2.24, 2.45) is 11.6 Å². The quantitative estimate of drug-likeness (QED) is 0.110. The number of hydrazine groups is 1. The van der Waals surface area contributed by atoms with Crippen LogP contribution in [-0.2, 0) is 24.3 Å². The fourth-order valence-corrected chi connectivity index (χ4v) is 3.59. The molecule has 2 amide bonds. The van der Waals surface area contributed by atoms with Gasteiger partial charge in [0.15, 0.2) is 5.69 Å². The first-order valence-electron chi connectivity index (χ1n) is 12.3. The van der Waals surface area contributed by atoms with Gasteiger partial charge >= 0.3 is 6.36 Å². The summed E-state index contributed by atoms with van der Waals surface area (Å²) in [4.78, 5) is 24.4. The molecule has 18 heteroatoms. The van der Waals surface area contributed by atoms with Gasteiger partial charge in [-0.1, -0.05) is 5.21 Å². The fourth-order valence-electron chi connectivity index (χ4n) is 3.59. The highest BCUT2D eigenvalue weighted by atomic mass is 19.4. The average molecular weight is 617 g/mol. The summed E-state index contributed by atoms with van der Waals surface area (Å²) in [5.74, 6) is 1.33. The number of nitrogens with two attached hydrogens (primary N) is 2. The molecule has 0 aliphatic rings. The first-order chi connectivity index (χ1) is 20.2. The third-order valence-electron chi connectivity index (χ3n) is 5.51. The van der Waals surface area contributed by atoms with Gasteiger partial charge in [-0.2, -0.15) is 0 Å². The number of hydrogen-bond acceptors (Lipinski definition) is 9. The van der Waals surface area contributed by atoms with Gasteiger partial charge < -0.3 is 31.2 Å². The number of ether oxygens (including phenoxy) is 1. The second kappa shape index (κ2) is 14.3. The normalized spacial score (nSPS) is 12.5. The number of halogens is 6. The second-order valence-electron chi connectivity index (χ2n) is 9.02. The second-order valence-corrected chi connectivity index (χ2v) is 9.02. The fraction of sp³-hybridized carbons (Fsp3) is 0.280. The number of carbonyl (C=O) groups is 2. The Morgan fingerprint density at radius 1 is 1.14 bits per heavy atom. The number of carbonyl (C=O) groups excluding carboxylic acids is 2. The number of phenolic OH excluding ortho intramolecular Hbond substituents is 1. The predicted octanol–water partition coefficient (Wildman–Crippen LogP) is 2.11. The van der Waals surface area contributed by atoms with Gasteiger partial charge in [0.25, 0.3) is 5.91 Å². The minimum atomic E-state index is -5.00. The zero-order valence-electron chi connectivity index (χ0n) is 22.1. The number of amides is 2. The van der Waals surface area contributed by atoms with Crippen LogP contribution < -0.4 is 26.9 Å². The summed E-state index contributed by atoms with van der Waals surface area (Å²) in [6, 6.07) is 5.55. The average Bonchev–Trinajstić information content (AvgIpc) is 3.38. The summed E-state index contributed by atoms with van der Waals surface area (Å²) in [7, 11) is 0. The molecule has 0 radical (unpaired) electrons. The van der Waals surface area contributed by atoms with Crippen LogP contribution in [0.25, 0.3) is 0 Å². The molecule has 2 aromatic carbocycles. The van der Waals surface area contributed by atoms with E-state index in [0.717, 1.165) is 35.5 Å². The summed E-state index contributed by atoms with van der Waals surface area (Å²) in [6.45, 7) is -0.614. The molecule has 7 N–H and O–H groups in total. The third kappa shape index (κ3) is 10.7. The highest BCUT2D eigenvalue weighted by molar-refractivity contribution is 5.91. The van der Waals surface area contributed by atoms with Crippen LogP contribution in [0.2, 0.25) is 0 Å². The van der Waals surface area contributed by atoms with Gasteiger partial charge in [0, 0.05) is 30.6 Å². The van der Waals surface area contributed by atoms with Gasteiger partial charge in [0.05, 0.1) is 25.4 Å². The Morgan fingerprint density at radius 2 is 1.84 bits per heavy atom. The molecule has 1 unspecified atom stereocenters. The zero-order valence-corrected chi connectivity index (χ0v) is 22.1. The standard InChI is InChI=1S/C25H26F6N8O4/c26-16(5-6-39-12-21(36-37-39)24(42)34-10-15-7-17(40)1-3-20(15)28)11-38(33)13-22(32)35-23(41)9-14-8-18(2-4-19(14)27)43-25(29,30)31/h1-4,7-8,12-13,16,40H,5-6,9-11,32-33H2,(H,34,42)(H,35,41)/b22-13+. The van der Waals surface area contributed by atoms with Gasteiger partial charge in [0.2, 0.25) is 5.91 Å². The number of phenols is 1. The molecular formula is C25H26F6N8O4. The Balaban J connectivity index is 1.43. The van der Waals surface area contributed by atoms with E-state index in [4.69, 9.17) is 11.6 Å². The van der Waals surface area contributed by atoms with Crippen LogP contribution in [0.5, 0.6) is 11.5 Å². The number of benzene rings is 2. The Labute approximate surface area is 239 Å². The molecule has 0 fully saturated rings. The summed E-state index contributed by atoms with van der Waals surface area (Å²) < 4.78 is 84.2. The van der Waals surface area contributed by atoms with Crippen molar-refractivity contribution in [2.75, 3.05) is 6.54 Å². The van der Waals surface area contributed by atoms with Crippen molar-refractivity contribution in [3.63, 3.8) is 0 Å². The maximum Gasteiger partial charge on any atom is 0.573 e. The lowest BCUT2D eigenvalue weighted by Crippen LogP contribution is -2.36. The number of nitrogens with zero attached hydrogens (tertiary/aromatic N) is 4. The highest BCUT2D eigenvalue weighted by Crippen LogP contribution is 2.25. The van der Waals surface area contributed by atoms with Crippen LogP contribution in [0.1, 0.15) is 28.0 Å². The van der Waals surface area contributed by atoms with Crippen molar-refractivity contribution < 1.29 is 45.8 Å². The Hall–Kier alpha value is -5.00. The van der Waals surface area contributed by atoms with E-state index in [1.807, 2.05) is 0 Å². The number of alkyl halides is 4. The SMILES string of the molecule is N/C(=C\N(N)CC(F)CCn1cc(C(=O)NCc2cc(O)ccc2F)nn1)NC(=O)Cc1cc(OC(F)(F)F)ccc1F. The molecule has 0 saturated heterocycles. The van der Waals surface area contributed by atoms with Gasteiger partial charge in [-0.3, -0.25) is 14.3 Å². The minimum Gasteiger partial charge on any atom is -0.508 e. The van der Waals surface area contributed by atoms with E-state index in [1.165, 1.54) is 10.9 Å². The number of aryl methyl sites for hydroxylation is 1. The Kier molecular flexibility index (Phi) is 10.8. The molecular weight excluding hydrogens is 590 g/mol. The molecule has 43 heavy (non-hydrogen) atoms. The van der Waals surface area contributed by atoms with Crippen molar-refractivity contribution >= 4 is 11.8 Å².